The highest BCUT2D eigenvalue weighted by atomic mass is 19.1. The SMILES string of the molecule is Cc1cnc(Cn2ccc(C)c(C(=O)Nc3ccc(F)c(CO)c3)c2=O)cn1. The number of carbonyl (C=O) groups excluding carboxylic acids is 1. The topological polar surface area (TPSA) is 97.1 Å². The lowest BCUT2D eigenvalue weighted by Crippen LogP contribution is -2.30. The number of nitrogens with one attached hydrogen (secondary N) is 1. The van der Waals surface area contributed by atoms with Crippen molar-refractivity contribution in [1.82, 2.24) is 14.5 Å². The first-order valence-corrected chi connectivity index (χ1v) is 8.57. The van der Waals surface area contributed by atoms with Crippen molar-refractivity contribution in [1.29, 1.82) is 0 Å². The number of aromatic nitrogens is 3. The van der Waals surface area contributed by atoms with Gasteiger partial charge in [-0.25, -0.2) is 4.39 Å². The molecular formula is C20H19FN4O3. The number of aryl methyl sites for hydroxylation is 2. The maximum absolute atomic E-state index is 13.5. The quantitative estimate of drug-likeness (QED) is 0.705. The molecule has 0 unspecified atom stereocenters. The number of benzene rings is 1. The van der Waals surface area contributed by atoms with E-state index in [1.54, 1.807) is 31.6 Å². The number of aliphatic hydroxyl groups is 1. The number of anilines is 1. The first-order valence-electron chi connectivity index (χ1n) is 8.57. The van der Waals surface area contributed by atoms with E-state index < -0.39 is 23.9 Å². The Morgan fingerprint density at radius 2 is 2.00 bits per heavy atom. The molecule has 28 heavy (non-hydrogen) atoms. The standard InChI is InChI=1S/C20H19FN4O3/c1-12-5-6-25(10-16-9-22-13(2)8-23-16)20(28)18(12)19(27)24-15-3-4-17(21)14(7-15)11-26/h3-9,26H,10-11H2,1-2H3,(H,24,27). The van der Waals surface area contributed by atoms with E-state index in [0.29, 0.717) is 11.3 Å². The van der Waals surface area contributed by atoms with E-state index in [9.17, 15) is 14.0 Å². The Balaban J connectivity index is 1.89. The van der Waals surface area contributed by atoms with E-state index in [4.69, 9.17) is 5.11 Å². The minimum atomic E-state index is -0.609. The van der Waals surface area contributed by atoms with Crippen molar-refractivity contribution in [3.8, 4) is 0 Å². The zero-order chi connectivity index (χ0) is 20.3. The molecule has 1 amide bonds. The highest BCUT2D eigenvalue weighted by molar-refractivity contribution is 6.05. The molecule has 2 heterocycles. The number of nitrogens with zero attached hydrogens (tertiary/aromatic N) is 3. The van der Waals surface area contributed by atoms with Crippen molar-refractivity contribution in [2.45, 2.75) is 27.0 Å². The van der Waals surface area contributed by atoms with Gasteiger partial charge in [-0.15, -0.1) is 0 Å². The van der Waals surface area contributed by atoms with Crippen molar-refractivity contribution >= 4 is 11.6 Å². The van der Waals surface area contributed by atoms with Gasteiger partial charge >= 0.3 is 0 Å². The largest absolute Gasteiger partial charge is 0.392 e. The summed E-state index contributed by atoms with van der Waals surface area (Å²) in [7, 11) is 0. The Bertz CT molecular complexity index is 1080. The Morgan fingerprint density at radius 1 is 1.21 bits per heavy atom. The van der Waals surface area contributed by atoms with Crippen LogP contribution in [0, 0.1) is 19.7 Å². The van der Waals surface area contributed by atoms with Crippen molar-refractivity contribution in [3.63, 3.8) is 0 Å². The van der Waals surface area contributed by atoms with Gasteiger partial charge in [0.2, 0.25) is 0 Å². The van der Waals surface area contributed by atoms with Crippen LogP contribution >= 0.6 is 0 Å². The van der Waals surface area contributed by atoms with Crippen LogP contribution in [0.1, 0.15) is 32.9 Å². The molecule has 2 aromatic heterocycles. The van der Waals surface area contributed by atoms with Gasteiger partial charge in [0.15, 0.2) is 0 Å². The average molecular weight is 382 g/mol. The van der Waals surface area contributed by atoms with Crippen molar-refractivity contribution in [2.24, 2.45) is 0 Å². The molecule has 3 aromatic rings. The lowest BCUT2D eigenvalue weighted by atomic mass is 10.1. The Kier molecular flexibility index (Phi) is 5.60. The van der Waals surface area contributed by atoms with Gasteiger partial charge in [0.05, 0.1) is 30.7 Å². The average Bonchev–Trinajstić information content (AvgIpc) is 2.67. The third-order valence-electron chi connectivity index (χ3n) is 4.24. The smallest absolute Gasteiger partial charge is 0.264 e. The molecule has 0 spiro atoms. The second-order valence-corrected chi connectivity index (χ2v) is 6.37. The fourth-order valence-corrected chi connectivity index (χ4v) is 2.71. The van der Waals surface area contributed by atoms with Crippen LogP contribution < -0.4 is 10.9 Å². The van der Waals surface area contributed by atoms with E-state index in [1.165, 1.54) is 16.7 Å². The zero-order valence-corrected chi connectivity index (χ0v) is 15.4. The van der Waals surface area contributed by atoms with Crippen LogP contribution in [-0.4, -0.2) is 25.5 Å². The van der Waals surface area contributed by atoms with Gasteiger partial charge in [0, 0.05) is 23.6 Å². The van der Waals surface area contributed by atoms with E-state index in [1.807, 2.05) is 6.92 Å². The fraction of sp³-hybridized carbons (Fsp3) is 0.200. The third kappa shape index (κ3) is 4.12. The number of aliphatic hydroxyl groups excluding tert-OH is 1. The lowest BCUT2D eigenvalue weighted by Gasteiger charge is -2.12. The predicted octanol–water partition coefficient (Wildman–Crippen LogP) is 2.19. The number of hydrogen-bond acceptors (Lipinski definition) is 5. The number of amides is 1. The van der Waals surface area contributed by atoms with E-state index in [-0.39, 0.29) is 23.4 Å². The summed E-state index contributed by atoms with van der Waals surface area (Å²) in [6, 6.07) is 5.51. The number of hydrogen-bond donors (Lipinski definition) is 2. The van der Waals surface area contributed by atoms with Crippen LogP contribution in [0.5, 0.6) is 0 Å². The molecule has 0 saturated heterocycles. The van der Waals surface area contributed by atoms with Crippen molar-refractivity contribution < 1.29 is 14.3 Å². The van der Waals surface area contributed by atoms with Crippen LogP contribution in [0.2, 0.25) is 0 Å². The summed E-state index contributed by atoms with van der Waals surface area (Å²) >= 11 is 0. The van der Waals surface area contributed by atoms with E-state index in [2.05, 4.69) is 15.3 Å². The lowest BCUT2D eigenvalue weighted by molar-refractivity contribution is 0.102. The van der Waals surface area contributed by atoms with Gasteiger partial charge in [0.1, 0.15) is 11.4 Å². The van der Waals surface area contributed by atoms with Gasteiger partial charge in [0.25, 0.3) is 11.5 Å². The van der Waals surface area contributed by atoms with Gasteiger partial charge in [-0.3, -0.25) is 19.6 Å². The zero-order valence-electron chi connectivity index (χ0n) is 15.4. The van der Waals surface area contributed by atoms with Crippen LogP contribution in [0.3, 0.4) is 0 Å². The number of carbonyl (C=O) groups is 1. The normalized spacial score (nSPS) is 10.7. The second-order valence-electron chi connectivity index (χ2n) is 6.37. The van der Waals surface area contributed by atoms with Crippen LogP contribution in [0.4, 0.5) is 10.1 Å². The summed E-state index contributed by atoms with van der Waals surface area (Å²) in [6.07, 6.45) is 4.78. The monoisotopic (exact) mass is 382 g/mol. The minimum Gasteiger partial charge on any atom is -0.392 e. The van der Waals surface area contributed by atoms with Gasteiger partial charge in [-0.2, -0.15) is 0 Å². The van der Waals surface area contributed by atoms with E-state index >= 15 is 0 Å². The van der Waals surface area contributed by atoms with Crippen LogP contribution in [0.25, 0.3) is 0 Å². The first kappa shape index (κ1) is 19.4. The van der Waals surface area contributed by atoms with Gasteiger partial charge < -0.3 is 15.0 Å². The molecule has 0 aliphatic carbocycles. The van der Waals surface area contributed by atoms with Gasteiger partial charge in [-0.05, 0) is 43.7 Å². The number of rotatable bonds is 5. The molecule has 0 saturated carbocycles. The maximum Gasteiger partial charge on any atom is 0.264 e. The van der Waals surface area contributed by atoms with Crippen molar-refractivity contribution in [3.05, 3.63) is 87.1 Å². The molecule has 8 heteroatoms. The summed E-state index contributed by atoms with van der Waals surface area (Å²) in [4.78, 5) is 33.9. The van der Waals surface area contributed by atoms with E-state index in [0.717, 1.165) is 11.8 Å². The molecule has 0 aliphatic heterocycles. The first-order chi connectivity index (χ1) is 13.4. The molecule has 1 aromatic carbocycles. The molecule has 0 aliphatic rings. The molecule has 0 atom stereocenters. The number of halogens is 1. The molecule has 2 N–H and O–H groups in total. The second kappa shape index (κ2) is 8.10. The summed E-state index contributed by atoms with van der Waals surface area (Å²) in [6.45, 7) is 3.16. The van der Waals surface area contributed by atoms with Crippen LogP contribution in [-0.2, 0) is 13.2 Å². The molecule has 0 radical (unpaired) electrons. The fourth-order valence-electron chi connectivity index (χ4n) is 2.71. The Hall–Kier alpha value is -3.39. The predicted molar refractivity (Wildman–Crippen MR) is 102 cm³/mol. The molecule has 7 nitrogen and oxygen atoms in total. The van der Waals surface area contributed by atoms with Crippen LogP contribution in [0.15, 0.2) is 47.7 Å². The molecule has 144 valence electrons. The summed E-state index contributed by atoms with van der Waals surface area (Å²) in [5, 5.41) is 11.7. The highest BCUT2D eigenvalue weighted by Gasteiger charge is 2.17. The summed E-state index contributed by atoms with van der Waals surface area (Å²) in [5.41, 5.74) is 1.72. The maximum atomic E-state index is 13.5. The number of pyridine rings is 1. The molecule has 3 rings (SSSR count). The third-order valence-corrected chi connectivity index (χ3v) is 4.24. The minimum absolute atomic E-state index is 0.0163. The van der Waals surface area contributed by atoms with Gasteiger partial charge in [-0.1, -0.05) is 0 Å². The summed E-state index contributed by atoms with van der Waals surface area (Å²) in [5.74, 6) is -1.18. The Labute approximate surface area is 160 Å². The highest BCUT2D eigenvalue weighted by Crippen LogP contribution is 2.16. The molecule has 0 fully saturated rings. The van der Waals surface area contributed by atoms with Crippen molar-refractivity contribution in [2.75, 3.05) is 5.32 Å². The summed E-state index contributed by atoms with van der Waals surface area (Å²) < 4.78 is 14.9. The Morgan fingerprint density at radius 3 is 2.68 bits per heavy atom. The molecular weight excluding hydrogens is 363 g/mol. The molecule has 0 bridgehead atoms.